The van der Waals surface area contributed by atoms with E-state index in [1.54, 1.807) is 13.8 Å². The molecule has 10 atom stereocenters. The topological polar surface area (TPSA) is 93.1 Å². The lowest BCUT2D eigenvalue weighted by Crippen LogP contribution is -2.70. The molecule has 5 aliphatic rings. The standard InChI is InChI=1S/C39H44F2O6/c1-22(2)14-24-6-5-7-25(16-24)15-23-8-10-26(11-9-23)35-46-34-19-28-29-18-31(40)30-17-27(43)12-13-36(30,3)38(29,41)32(44)20-37(28,4)39(34,47-35)33(45)21-42/h5-13,16-17,22,28-29,31-32,34-35,42,44H,14-15,18-21H2,1-4H3/t28-,29-,31-,32-,34+,35-,36-,37-,38-,39+/m0/s1. The molecule has 250 valence electrons. The molecular formula is C39H44F2O6. The molecule has 0 spiro atoms. The number of alkyl halides is 2. The van der Waals surface area contributed by atoms with Gasteiger partial charge in [-0.1, -0.05) is 75.4 Å². The molecule has 6 nitrogen and oxygen atoms in total. The average molecular weight is 647 g/mol. The summed E-state index contributed by atoms with van der Waals surface area (Å²) in [5, 5.41) is 21.9. The quantitative estimate of drug-likeness (QED) is 0.377. The van der Waals surface area contributed by atoms with Crippen molar-refractivity contribution in [2.75, 3.05) is 6.61 Å². The number of carbonyl (C=O) groups is 2. The summed E-state index contributed by atoms with van der Waals surface area (Å²) in [4.78, 5) is 25.9. The Labute approximate surface area is 274 Å². The first kappa shape index (κ1) is 32.5. The molecule has 0 unspecified atom stereocenters. The summed E-state index contributed by atoms with van der Waals surface area (Å²) in [6.45, 7) is 6.93. The molecule has 1 saturated heterocycles. The molecule has 8 heteroatoms. The first-order valence-corrected chi connectivity index (χ1v) is 16.9. The number of hydrogen-bond acceptors (Lipinski definition) is 6. The smallest absolute Gasteiger partial charge is 0.193 e. The molecule has 0 amide bonds. The van der Waals surface area contributed by atoms with E-state index in [-0.39, 0.29) is 24.8 Å². The van der Waals surface area contributed by atoms with E-state index in [0.717, 1.165) is 24.5 Å². The fraction of sp³-hybridized carbons (Fsp3) is 0.538. The van der Waals surface area contributed by atoms with Gasteiger partial charge in [-0.15, -0.1) is 0 Å². The molecule has 3 saturated carbocycles. The van der Waals surface area contributed by atoms with Gasteiger partial charge in [-0.3, -0.25) is 9.59 Å². The summed E-state index contributed by atoms with van der Waals surface area (Å²) in [6.07, 6.45) is 0.477. The Bertz CT molecular complexity index is 1650. The molecule has 1 aliphatic heterocycles. The van der Waals surface area contributed by atoms with Crippen LogP contribution in [-0.2, 0) is 31.9 Å². The Hall–Kier alpha value is -3.04. The van der Waals surface area contributed by atoms with Gasteiger partial charge in [-0.05, 0) is 85.3 Å². The zero-order valence-electron chi connectivity index (χ0n) is 27.4. The molecule has 1 heterocycles. The van der Waals surface area contributed by atoms with E-state index >= 15 is 8.78 Å². The molecule has 0 aromatic heterocycles. The van der Waals surface area contributed by atoms with Gasteiger partial charge >= 0.3 is 0 Å². The molecule has 4 fully saturated rings. The third-order valence-corrected chi connectivity index (χ3v) is 12.2. The summed E-state index contributed by atoms with van der Waals surface area (Å²) in [7, 11) is 0. The van der Waals surface area contributed by atoms with Crippen LogP contribution in [0.5, 0.6) is 0 Å². The zero-order chi connectivity index (χ0) is 33.5. The Morgan fingerprint density at radius 3 is 2.47 bits per heavy atom. The third kappa shape index (κ3) is 4.62. The second-order valence-electron chi connectivity index (χ2n) is 15.3. The van der Waals surface area contributed by atoms with Crippen LogP contribution in [0.15, 0.2) is 72.3 Å². The second-order valence-corrected chi connectivity index (χ2v) is 15.3. The Morgan fingerprint density at radius 2 is 1.77 bits per heavy atom. The van der Waals surface area contributed by atoms with E-state index in [1.165, 1.54) is 23.3 Å². The van der Waals surface area contributed by atoms with Crippen molar-refractivity contribution in [3.05, 3.63) is 94.6 Å². The van der Waals surface area contributed by atoms with Gasteiger partial charge in [-0.2, -0.15) is 0 Å². The van der Waals surface area contributed by atoms with E-state index < -0.39 is 76.8 Å². The maximum absolute atomic E-state index is 17.6. The lowest BCUT2D eigenvalue weighted by molar-refractivity contribution is -0.235. The fourth-order valence-electron chi connectivity index (χ4n) is 10.1. The van der Waals surface area contributed by atoms with Crippen molar-refractivity contribution >= 4 is 11.6 Å². The minimum absolute atomic E-state index is 0.0463. The Balaban J connectivity index is 1.17. The van der Waals surface area contributed by atoms with Crippen LogP contribution in [0.4, 0.5) is 8.78 Å². The van der Waals surface area contributed by atoms with Gasteiger partial charge < -0.3 is 19.7 Å². The largest absolute Gasteiger partial charge is 0.390 e. The van der Waals surface area contributed by atoms with Crippen LogP contribution in [0.25, 0.3) is 0 Å². The number of fused-ring (bicyclic) bond motifs is 7. The van der Waals surface area contributed by atoms with Gasteiger partial charge in [-0.25, -0.2) is 8.78 Å². The number of carbonyl (C=O) groups excluding carboxylic acids is 2. The monoisotopic (exact) mass is 646 g/mol. The number of halogens is 2. The number of allylic oxidation sites excluding steroid dienone is 4. The van der Waals surface area contributed by atoms with Crippen LogP contribution < -0.4 is 0 Å². The second kappa shape index (κ2) is 11.3. The van der Waals surface area contributed by atoms with E-state index in [1.807, 2.05) is 24.3 Å². The van der Waals surface area contributed by atoms with Crippen molar-refractivity contribution in [1.29, 1.82) is 0 Å². The molecule has 7 rings (SSSR count). The SMILES string of the molecule is CC(C)Cc1cccc(Cc2ccc([C@H]3O[C@@H]4C[C@H]5[C@@H]6C[C@H](F)C7=CC(=O)C=C[C@]7(C)[C@@]6(F)[C@@H](O)C[C@]5(C)[C@]4(C(=O)CO)O3)cc2)c1. The van der Waals surface area contributed by atoms with Crippen LogP contribution in [0, 0.1) is 28.6 Å². The molecule has 4 aliphatic carbocycles. The van der Waals surface area contributed by atoms with Crippen molar-refractivity contribution in [2.45, 2.75) is 95.7 Å². The predicted molar refractivity (Wildman–Crippen MR) is 172 cm³/mol. The summed E-state index contributed by atoms with van der Waals surface area (Å²) >= 11 is 0. The van der Waals surface area contributed by atoms with Crippen LogP contribution in [0.1, 0.15) is 75.5 Å². The molecule has 0 bridgehead atoms. The van der Waals surface area contributed by atoms with Gasteiger partial charge in [0.1, 0.15) is 12.8 Å². The van der Waals surface area contributed by atoms with Gasteiger partial charge in [0.25, 0.3) is 0 Å². The highest BCUT2D eigenvalue weighted by atomic mass is 19.1. The highest BCUT2D eigenvalue weighted by Gasteiger charge is 2.80. The van der Waals surface area contributed by atoms with Crippen LogP contribution in [0.2, 0.25) is 0 Å². The third-order valence-electron chi connectivity index (χ3n) is 12.2. The van der Waals surface area contributed by atoms with E-state index in [0.29, 0.717) is 11.5 Å². The molecule has 2 aromatic rings. The van der Waals surface area contributed by atoms with Crippen molar-refractivity contribution in [3.8, 4) is 0 Å². The Morgan fingerprint density at radius 1 is 1.04 bits per heavy atom. The number of rotatable bonds is 7. The minimum Gasteiger partial charge on any atom is -0.390 e. The summed E-state index contributed by atoms with van der Waals surface area (Å²) in [5.41, 5.74) is -2.24. The summed E-state index contributed by atoms with van der Waals surface area (Å²) in [5.74, 6) is -1.99. The number of aliphatic hydroxyl groups excluding tert-OH is 2. The summed E-state index contributed by atoms with van der Waals surface area (Å²) < 4.78 is 46.5. The molecule has 0 radical (unpaired) electrons. The number of Topliss-reactive ketones (excluding diaryl/α,β-unsaturated/α-hetero) is 1. The lowest BCUT2D eigenvalue weighted by Gasteiger charge is -2.63. The number of ether oxygens (including phenoxy) is 2. The van der Waals surface area contributed by atoms with Crippen LogP contribution in [-0.4, -0.2) is 58.0 Å². The highest BCUT2D eigenvalue weighted by Crippen LogP contribution is 2.72. The number of ketones is 2. The minimum atomic E-state index is -2.28. The van der Waals surface area contributed by atoms with Gasteiger partial charge in [0.15, 0.2) is 29.1 Å². The van der Waals surface area contributed by atoms with Crippen molar-refractivity contribution < 1.29 is 38.1 Å². The van der Waals surface area contributed by atoms with E-state index in [9.17, 15) is 19.8 Å². The van der Waals surface area contributed by atoms with Gasteiger partial charge in [0, 0.05) is 22.3 Å². The summed E-state index contributed by atoms with van der Waals surface area (Å²) in [6, 6.07) is 16.4. The zero-order valence-corrected chi connectivity index (χ0v) is 27.4. The normalized spacial score (nSPS) is 40.4. The van der Waals surface area contributed by atoms with Crippen LogP contribution in [0.3, 0.4) is 0 Å². The lowest BCUT2D eigenvalue weighted by atomic mass is 9.44. The van der Waals surface area contributed by atoms with Crippen molar-refractivity contribution in [3.63, 3.8) is 0 Å². The highest BCUT2D eigenvalue weighted by molar-refractivity contribution is 6.01. The number of hydrogen-bond donors (Lipinski definition) is 2. The Kier molecular flexibility index (Phi) is 7.79. The fourth-order valence-corrected chi connectivity index (χ4v) is 10.1. The number of aliphatic hydroxyl groups is 2. The first-order valence-electron chi connectivity index (χ1n) is 16.9. The molecule has 2 N–H and O–H groups in total. The van der Waals surface area contributed by atoms with Gasteiger partial charge in [0.2, 0.25) is 0 Å². The predicted octanol–water partition coefficient (Wildman–Crippen LogP) is 6.12. The molecule has 47 heavy (non-hydrogen) atoms. The number of benzene rings is 2. The van der Waals surface area contributed by atoms with E-state index in [2.05, 4.69) is 38.1 Å². The maximum atomic E-state index is 17.6. The first-order chi connectivity index (χ1) is 22.3. The van der Waals surface area contributed by atoms with Crippen molar-refractivity contribution in [1.82, 2.24) is 0 Å². The maximum Gasteiger partial charge on any atom is 0.193 e. The molecular weight excluding hydrogens is 602 g/mol. The molecule has 2 aromatic carbocycles. The van der Waals surface area contributed by atoms with Gasteiger partial charge in [0.05, 0.1) is 12.2 Å². The van der Waals surface area contributed by atoms with Crippen LogP contribution >= 0.6 is 0 Å². The van der Waals surface area contributed by atoms with Crippen molar-refractivity contribution in [2.24, 2.45) is 28.6 Å². The average Bonchev–Trinajstić information content (AvgIpc) is 3.53. The van der Waals surface area contributed by atoms with E-state index in [4.69, 9.17) is 9.47 Å².